The number of halogens is 2. The van der Waals surface area contributed by atoms with Gasteiger partial charge in [0.05, 0.1) is 41.5 Å². The number of aryl methyl sites for hydroxylation is 1. The summed E-state index contributed by atoms with van der Waals surface area (Å²) in [6.07, 6.45) is 4.12. The summed E-state index contributed by atoms with van der Waals surface area (Å²) in [5.41, 5.74) is 2.46. The van der Waals surface area contributed by atoms with Gasteiger partial charge in [-0.1, -0.05) is 0 Å². The molecule has 5 aromatic rings. The molecule has 0 radical (unpaired) electrons. The highest BCUT2D eigenvalue weighted by atomic mass is 19.1. The van der Waals surface area contributed by atoms with Gasteiger partial charge in [0, 0.05) is 24.6 Å². The Labute approximate surface area is 214 Å². The number of nitrogens with one attached hydrogen (secondary N) is 1. The van der Waals surface area contributed by atoms with E-state index in [1.807, 2.05) is 7.05 Å². The van der Waals surface area contributed by atoms with Crippen molar-refractivity contribution in [3.05, 3.63) is 76.1 Å². The van der Waals surface area contributed by atoms with Gasteiger partial charge in [-0.25, -0.2) is 23.5 Å². The smallest absolute Gasteiger partial charge is 0.330 e. The summed E-state index contributed by atoms with van der Waals surface area (Å²) in [5, 5.41) is 12.4. The van der Waals surface area contributed by atoms with Crippen molar-refractivity contribution in [2.24, 2.45) is 0 Å². The third-order valence-corrected chi connectivity index (χ3v) is 6.74. The summed E-state index contributed by atoms with van der Waals surface area (Å²) < 4.78 is 39.1. The average molecular weight is 517 g/mol. The Morgan fingerprint density at radius 1 is 1.21 bits per heavy atom. The Hall–Kier alpha value is -4.63. The van der Waals surface area contributed by atoms with E-state index in [2.05, 4.69) is 21.4 Å². The van der Waals surface area contributed by atoms with Crippen molar-refractivity contribution in [2.45, 2.75) is 25.4 Å². The normalized spacial score (nSPS) is 14.9. The van der Waals surface area contributed by atoms with E-state index in [0.29, 0.717) is 53.7 Å². The van der Waals surface area contributed by atoms with Crippen molar-refractivity contribution in [3.63, 3.8) is 0 Å². The largest absolute Gasteiger partial charge is 0.490 e. The van der Waals surface area contributed by atoms with Gasteiger partial charge in [-0.2, -0.15) is 10.2 Å². The number of nitriles is 1. The molecule has 6 rings (SSSR count). The number of benzene rings is 2. The van der Waals surface area contributed by atoms with E-state index in [0.717, 1.165) is 6.07 Å². The molecule has 38 heavy (non-hydrogen) atoms. The first-order valence-electron chi connectivity index (χ1n) is 12.1. The lowest BCUT2D eigenvalue weighted by Gasteiger charge is -2.27. The number of hydrogen-bond donors (Lipinski definition) is 1. The minimum Gasteiger partial charge on any atom is -0.490 e. The van der Waals surface area contributed by atoms with Crippen molar-refractivity contribution < 1.29 is 13.5 Å². The number of aromatic nitrogens is 6. The van der Waals surface area contributed by atoms with E-state index in [-0.39, 0.29) is 29.6 Å². The summed E-state index contributed by atoms with van der Waals surface area (Å²) >= 11 is 0. The van der Waals surface area contributed by atoms with Crippen LogP contribution in [0.1, 0.15) is 30.0 Å². The van der Waals surface area contributed by atoms with E-state index in [1.165, 1.54) is 10.6 Å². The van der Waals surface area contributed by atoms with Crippen LogP contribution in [0.2, 0.25) is 0 Å². The SMILES string of the molecule is CNCCCn1c(=O)n(C2CCOc3c(F)cc(F)cc32)c2nc(-n3cnc4ccc(C#N)cc43)ncc21. The molecule has 12 heteroatoms. The van der Waals surface area contributed by atoms with Crippen LogP contribution in [-0.2, 0) is 6.54 Å². The lowest BCUT2D eigenvalue weighted by atomic mass is 10.00. The van der Waals surface area contributed by atoms with Gasteiger partial charge >= 0.3 is 5.69 Å². The van der Waals surface area contributed by atoms with E-state index in [9.17, 15) is 18.8 Å². The molecule has 0 amide bonds. The van der Waals surface area contributed by atoms with E-state index in [4.69, 9.17) is 9.72 Å². The molecule has 0 saturated carbocycles. The Morgan fingerprint density at radius 2 is 2.08 bits per heavy atom. The summed E-state index contributed by atoms with van der Waals surface area (Å²) in [5.74, 6) is -1.39. The van der Waals surface area contributed by atoms with Crippen molar-refractivity contribution in [3.8, 4) is 17.8 Å². The maximum absolute atomic E-state index is 14.6. The molecule has 4 heterocycles. The van der Waals surface area contributed by atoms with Crippen LogP contribution in [0, 0.1) is 23.0 Å². The second-order valence-corrected chi connectivity index (χ2v) is 9.03. The van der Waals surface area contributed by atoms with Crippen LogP contribution in [0.5, 0.6) is 5.75 Å². The quantitative estimate of drug-likeness (QED) is 0.345. The molecule has 1 aliphatic heterocycles. The highest BCUT2D eigenvalue weighted by Gasteiger charge is 2.31. The monoisotopic (exact) mass is 516 g/mol. The fourth-order valence-corrected chi connectivity index (χ4v) is 4.99. The van der Waals surface area contributed by atoms with Gasteiger partial charge in [0.25, 0.3) is 0 Å². The van der Waals surface area contributed by atoms with Crippen LogP contribution >= 0.6 is 0 Å². The van der Waals surface area contributed by atoms with Crippen LogP contribution < -0.4 is 15.7 Å². The first-order valence-corrected chi connectivity index (χ1v) is 12.1. The Bertz CT molecular complexity index is 1800. The van der Waals surface area contributed by atoms with Gasteiger partial charge in [0.2, 0.25) is 5.95 Å². The molecule has 2 aromatic carbocycles. The minimum atomic E-state index is -0.816. The third kappa shape index (κ3) is 3.79. The molecule has 3 aromatic heterocycles. The Kier molecular flexibility index (Phi) is 5.84. The molecule has 0 spiro atoms. The summed E-state index contributed by atoms with van der Waals surface area (Å²) in [6, 6.07) is 8.48. The molecule has 1 N–H and O–H groups in total. The maximum Gasteiger partial charge on any atom is 0.330 e. The minimum absolute atomic E-state index is 0.0652. The lowest BCUT2D eigenvalue weighted by molar-refractivity contribution is 0.242. The highest BCUT2D eigenvalue weighted by Crippen LogP contribution is 2.38. The zero-order valence-electron chi connectivity index (χ0n) is 20.4. The van der Waals surface area contributed by atoms with Gasteiger partial charge in [0.15, 0.2) is 17.2 Å². The van der Waals surface area contributed by atoms with Gasteiger partial charge in [-0.15, -0.1) is 0 Å². The first kappa shape index (κ1) is 23.7. The van der Waals surface area contributed by atoms with Crippen molar-refractivity contribution in [1.82, 2.24) is 34.0 Å². The van der Waals surface area contributed by atoms with E-state index >= 15 is 0 Å². The van der Waals surface area contributed by atoms with Crippen LogP contribution in [-0.4, -0.2) is 48.9 Å². The second-order valence-electron chi connectivity index (χ2n) is 9.03. The molecule has 192 valence electrons. The van der Waals surface area contributed by atoms with Gasteiger partial charge in [-0.3, -0.25) is 13.7 Å². The van der Waals surface area contributed by atoms with Crippen LogP contribution in [0.4, 0.5) is 8.78 Å². The lowest BCUT2D eigenvalue weighted by Crippen LogP contribution is -2.32. The molecule has 1 atom stereocenters. The van der Waals surface area contributed by atoms with Crippen LogP contribution in [0.25, 0.3) is 28.1 Å². The molecule has 10 nitrogen and oxygen atoms in total. The molecule has 1 aliphatic rings. The number of ether oxygens (including phenoxy) is 1. The fourth-order valence-electron chi connectivity index (χ4n) is 4.99. The summed E-state index contributed by atoms with van der Waals surface area (Å²) in [7, 11) is 1.83. The molecule has 0 saturated heterocycles. The van der Waals surface area contributed by atoms with Crippen LogP contribution in [0.15, 0.2) is 47.7 Å². The Morgan fingerprint density at radius 3 is 2.89 bits per heavy atom. The second kappa shape index (κ2) is 9.35. The van der Waals surface area contributed by atoms with Crippen molar-refractivity contribution in [2.75, 3.05) is 20.2 Å². The molecular weight excluding hydrogens is 494 g/mol. The van der Waals surface area contributed by atoms with Crippen LogP contribution in [0.3, 0.4) is 0 Å². The van der Waals surface area contributed by atoms with Crippen molar-refractivity contribution >= 4 is 22.2 Å². The van der Waals surface area contributed by atoms with Gasteiger partial charge in [-0.05, 0) is 44.3 Å². The third-order valence-electron chi connectivity index (χ3n) is 6.74. The summed E-state index contributed by atoms with van der Waals surface area (Å²) in [6.45, 7) is 1.25. The highest BCUT2D eigenvalue weighted by molar-refractivity contribution is 5.79. The van der Waals surface area contributed by atoms with Gasteiger partial charge in [0.1, 0.15) is 17.7 Å². The van der Waals surface area contributed by atoms with E-state index in [1.54, 1.807) is 39.9 Å². The molecule has 1 unspecified atom stereocenters. The predicted molar refractivity (Wildman–Crippen MR) is 134 cm³/mol. The average Bonchev–Trinajstić information content (AvgIpc) is 3.46. The standard InChI is InChI=1S/C26H22F2N8O2/c1-30-6-2-7-34-22-13-31-25(35-14-32-19-4-3-15(12-29)9-21(19)35)33-24(22)36(26(34)37)20-5-8-38-23-17(20)10-16(27)11-18(23)28/h3-4,9-11,13-14,20,30H,2,5-8H2,1H3. The zero-order valence-corrected chi connectivity index (χ0v) is 20.4. The van der Waals surface area contributed by atoms with E-state index < -0.39 is 17.7 Å². The summed E-state index contributed by atoms with van der Waals surface area (Å²) in [4.78, 5) is 27.5. The Balaban J connectivity index is 1.58. The molecular formula is C26H22F2N8O2. The molecule has 0 fully saturated rings. The number of rotatable bonds is 6. The number of imidazole rings is 2. The maximum atomic E-state index is 14.6. The number of fused-ring (bicyclic) bond motifs is 3. The molecule has 0 aliphatic carbocycles. The molecule has 0 bridgehead atoms. The zero-order chi connectivity index (χ0) is 26.4. The topological polar surface area (TPSA) is 116 Å². The fraction of sp³-hybridized carbons (Fsp3) is 0.269. The van der Waals surface area contributed by atoms with Gasteiger partial charge < -0.3 is 10.1 Å². The number of hydrogen-bond acceptors (Lipinski definition) is 7. The predicted octanol–water partition coefficient (Wildman–Crippen LogP) is 3.06. The van der Waals surface area contributed by atoms with Crippen molar-refractivity contribution in [1.29, 1.82) is 5.26 Å². The number of nitrogens with zero attached hydrogens (tertiary/aromatic N) is 7. The first-order chi connectivity index (χ1) is 18.5.